The van der Waals surface area contributed by atoms with E-state index in [4.69, 9.17) is 0 Å². The number of nitrogens with zero attached hydrogens (tertiary/aromatic N) is 3. The Bertz CT molecular complexity index is 208. The van der Waals surface area contributed by atoms with Crippen molar-refractivity contribution in [3.63, 3.8) is 0 Å². The van der Waals surface area contributed by atoms with Crippen LogP contribution in [-0.2, 0) is 25.8 Å². The van der Waals surface area contributed by atoms with Gasteiger partial charge in [0.1, 0.15) is 0 Å². The Morgan fingerprint density at radius 2 is 1.00 bits per heavy atom. The van der Waals surface area contributed by atoms with Crippen LogP contribution in [0.3, 0.4) is 0 Å². The summed E-state index contributed by atoms with van der Waals surface area (Å²) in [7, 11) is 5.42. The summed E-state index contributed by atoms with van der Waals surface area (Å²) in [5.41, 5.74) is 1.44. The Hall–Kier alpha value is 0.100. The summed E-state index contributed by atoms with van der Waals surface area (Å²) in [6.07, 6.45) is 0. The molecule has 0 aliphatic heterocycles. The Labute approximate surface area is 152 Å². The summed E-state index contributed by atoms with van der Waals surface area (Å²) in [6, 6.07) is 8.47. The molecule has 4 heteroatoms. The molecule has 3 nitrogen and oxygen atoms in total. The quantitative estimate of drug-likeness (QED) is 0.418. The van der Waals surface area contributed by atoms with Crippen LogP contribution in [0.5, 0.6) is 0 Å². The molecule has 122 valence electrons. The van der Waals surface area contributed by atoms with Crippen LogP contribution >= 0.6 is 0 Å². The van der Waals surface area contributed by atoms with Gasteiger partial charge in [0, 0.05) is 0 Å². The summed E-state index contributed by atoms with van der Waals surface area (Å²) in [6.45, 7) is 13.3. The zero-order chi connectivity index (χ0) is 16.2. The fourth-order valence-electron chi connectivity index (χ4n) is 0.774. The monoisotopic (exact) mass is 461 g/mol. The topological polar surface area (TPSA) is 42.3 Å². The molecule has 1 aromatic carbocycles. The van der Waals surface area contributed by atoms with E-state index in [1.807, 2.05) is 20.8 Å². The van der Waals surface area contributed by atoms with E-state index < -0.39 is 0 Å². The van der Waals surface area contributed by atoms with Crippen molar-refractivity contribution in [1.29, 1.82) is 0 Å². The molecule has 0 aliphatic carbocycles. The molecule has 0 N–H and O–H groups in total. The molecule has 0 heterocycles. The number of rotatable bonds is 4. The first-order valence-corrected chi connectivity index (χ1v) is 7.43. The van der Waals surface area contributed by atoms with Crippen LogP contribution in [-0.4, -0.2) is 40.8 Å². The van der Waals surface area contributed by atoms with Gasteiger partial charge in [-0.05, 0) is 0 Å². The van der Waals surface area contributed by atoms with E-state index in [2.05, 4.69) is 54.1 Å². The van der Waals surface area contributed by atoms with Crippen molar-refractivity contribution < 1.29 is 25.8 Å². The Morgan fingerprint density at radius 1 is 0.762 bits per heavy atom. The van der Waals surface area contributed by atoms with Crippen molar-refractivity contribution in [3.05, 3.63) is 45.8 Å². The van der Waals surface area contributed by atoms with Crippen LogP contribution in [0.15, 0.2) is 24.3 Å². The van der Waals surface area contributed by atoms with Crippen LogP contribution in [0.1, 0.15) is 46.1 Å². The molecule has 0 unspecified atom stereocenters. The molecular formula is C17H35HfN3. The second-order valence-electron chi connectivity index (χ2n) is 4.27. The SMILES string of the molecule is CC(C)[c-]1cccc1.CC[N-]C.CC[N-]C.CC[N-]C.[Hf+4]. The van der Waals surface area contributed by atoms with E-state index in [0.717, 1.165) is 19.6 Å². The zero-order valence-corrected chi connectivity index (χ0v) is 18.9. The van der Waals surface area contributed by atoms with Gasteiger partial charge in [-0.2, -0.15) is 58.5 Å². The smallest absolute Gasteiger partial charge is 0.665 e. The van der Waals surface area contributed by atoms with Gasteiger partial charge in [0.2, 0.25) is 0 Å². The van der Waals surface area contributed by atoms with Crippen molar-refractivity contribution in [2.45, 2.75) is 40.5 Å². The van der Waals surface area contributed by atoms with E-state index in [-0.39, 0.29) is 25.8 Å². The van der Waals surface area contributed by atoms with Gasteiger partial charge in [-0.3, -0.25) is 0 Å². The average Bonchev–Trinajstić information content (AvgIpc) is 3.02. The molecule has 0 amide bonds. The van der Waals surface area contributed by atoms with Gasteiger partial charge >= 0.3 is 25.8 Å². The first-order valence-electron chi connectivity index (χ1n) is 7.43. The van der Waals surface area contributed by atoms with E-state index in [0.29, 0.717) is 5.92 Å². The van der Waals surface area contributed by atoms with Crippen molar-refractivity contribution >= 4 is 0 Å². The first-order chi connectivity index (χ1) is 9.55. The molecule has 0 spiro atoms. The number of hydrogen-bond donors (Lipinski definition) is 0. The standard InChI is InChI=1S/C8H11.3C3H8N.Hf/c1-7(2)8-5-3-4-6-8;3*1-3-4-2;/h3-7H,1-2H3;3*3H2,1-2H3;/q4*-1;+4. The molecular weight excluding hydrogens is 425 g/mol. The summed E-state index contributed by atoms with van der Waals surface area (Å²) < 4.78 is 0. The van der Waals surface area contributed by atoms with E-state index in [1.165, 1.54) is 5.56 Å². The molecule has 0 saturated heterocycles. The molecule has 0 aliphatic rings. The van der Waals surface area contributed by atoms with Crippen molar-refractivity contribution in [1.82, 2.24) is 0 Å². The van der Waals surface area contributed by atoms with E-state index in [9.17, 15) is 0 Å². The molecule has 1 aromatic rings. The molecule has 1 rings (SSSR count). The van der Waals surface area contributed by atoms with Crippen LogP contribution in [0.2, 0.25) is 0 Å². The van der Waals surface area contributed by atoms with Crippen LogP contribution < -0.4 is 0 Å². The minimum absolute atomic E-state index is 0. The molecule has 0 saturated carbocycles. The fourth-order valence-corrected chi connectivity index (χ4v) is 0.774. The Balaban J connectivity index is -0.0000000973. The molecule has 0 atom stereocenters. The molecule has 0 fully saturated rings. The second kappa shape index (κ2) is 28.3. The summed E-state index contributed by atoms with van der Waals surface area (Å²) >= 11 is 0. The van der Waals surface area contributed by atoms with Crippen LogP contribution in [0, 0.1) is 0 Å². The molecule has 0 aromatic heterocycles. The number of hydrogen-bond acceptors (Lipinski definition) is 0. The molecule has 21 heavy (non-hydrogen) atoms. The fraction of sp³-hybridized carbons (Fsp3) is 0.706. The first kappa shape index (κ1) is 29.2. The third-order valence-corrected chi connectivity index (χ3v) is 2.30. The largest absolute Gasteiger partial charge is 4.00 e. The molecule has 0 bridgehead atoms. The third-order valence-electron chi connectivity index (χ3n) is 2.30. The van der Waals surface area contributed by atoms with E-state index >= 15 is 0 Å². The summed E-state index contributed by atoms with van der Waals surface area (Å²) in [4.78, 5) is 0. The predicted octanol–water partition coefficient (Wildman–Crippen LogP) is 5.56. The zero-order valence-electron chi connectivity index (χ0n) is 15.3. The van der Waals surface area contributed by atoms with Crippen LogP contribution in [0.25, 0.3) is 16.0 Å². The minimum Gasteiger partial charge on any atom is -0.665 e. The van der Waals surface area contributed by atoms with E-state index in [1.54, 1.807) is 21.1 Å². The van der Waals surface area contributed by atoms with Gasteiger partial charge in [-0.15, -0.1) is 0 Å². The minimum atomic E-state index is 0. The van der Waals surface area contributed by atoms with Crippen molar-refractivity contribution in [3.8, 4) is 0 Å². The maximum absolute atomic E-state index is 3.74. The van der Waals surface area contributed by atoms with Crippen molar-refractivity contribution in [2.75, 3.05) is 40.8 Å². The van der Waals surface area contributed by atoms with Gasteiger partial charge in [0.25, 0.3) is 0 Å². The third kappa shape index (κ3) is 33.1. The van der Waals surface area contributed by atoms with Gasteiger partial charge in [-0.25, -0.2) is 12.1 Å². The Morgan fingerprint density at radius 3 is 1.10 bits per heavy atom. The normalized spacial score (nSPS) is 8.24. The summed E-state index contributed by atoms with van der Waals surface area (Å²) in [5, 5.41) is 11.2. The molecule has 0 radical (unpaired) electrons. The maximum atomic E-state index is 3.74. The van der Waals surface area contributed by atoms with Gasteiger partial charge in [0.05, 0.1) is 0 Å². The van der Waals surface area contributed by atoms with Gasteiger partial charge in [-0.1, -0.05) is 40.5 Å². The van der Waals surface area contributed by atoms with Gasteiger partial charge < -0.3 is 16.0 Å². The second-order valence-corrected chi connectivity index (χ2v) is 4.27. The maximum Gasteiger partial charge on any atom is 4.00 e. The summed E-state index contributed by atoms with van der Waals surface area (Å²) in [5.74, 6) is 0.685. The van der Waals surface area contributed by atoms with Gasteiger partial charge in [0.15, 0.2) is 0 Å². The predicted molar refractivity (Wildman–Crippen MR) is 95.6 cm³/mol. The van der Waals surface area contributed by atoms with Crippen LogP contribution in [0.4, 0.5) is 0 Å². The van der Waals surface area contributed by atoms with Crippen molar-refractivity contribution in [2.24, 2.45) is 0 Å². The average molecular weight is 460 g/mol. The Kier molecular flexibility index (Phi) is 39.3.